The minimum absolute atomic E-state index is 0.0748. The number of nitrogens with zero attached hydrogens (tertiary/aromatic N) is 2. The number of amides is 1. The fraction of sp³-hybridized carbons (Fsp3) is 0.238. The Morgan fingerprint density at radius 2 is 1.58 bits per heavy atom. The second-order valence-electron chi connectivity index (χ2n) is 6.57. The first-order valence-electron chi connectivity index (χ1n) is 9.47. The van der Waals surface area contributed by atoms with Gasteiger partial charge in [0.25, 0.3) is 0 Å². The summed E-state index contributed by atoms with van der Waals surface area (Å²) in [5.41, 5.74) is 11.9. The maximum absolute atomic E-state index is 12.3. The molecule has 0 aromatic heterocycles. The van der Waals surface area contributed by atoms with E-state index in [1.165, 1.54) is 12.1 Å². The molecular weight excluding hydrogens is 420 g/mol. The van der Waals surface area contributed by atoms with Crippen LogP contribution in [0.3, 0.4) is 0 Å². The van der Waals surface area contributed by atoms with E-state index in [-0.39, 0.29) is 22.7 Å². The molecule has 9 nitrogen and oxygen atoms in total. The molecule has 0 atom stereocenters. The molecule has 1 amide bonds. The van der Waals surface area contributed by atoms with Gasteiger partial charge in [-0.3, -0.25) is 9.59 Å². The lowest BCUT2D eigenvalue weighted by Gasteiger charge is -2.26. The zero-order valence-corrected chi connectivity index (χ0v) is 17.5. The number of hydrogen-bond acceptors (Lipinski definition) is 7. The number of rotatable bonds is 6. The summed E-state index contributed by atoms with van der Waals surface area (Å²) in [7, 11) is 0. The molecule has 1 aliphatic heterocycles. The van der Waals surface area contributed by atoms with Crippen LogP contribution in [0, 0.1) is 0 Å². The van der Waals surface area contributed by atoms with E-state index in [4.69, 9.17) is 20.9 Å². The summed E-state index contributed by atoms with van der Waals surface area (Å²) in [6.45, 7) is 2.13. The molecule has 1 heterocycles. The molecule has 0 spiro atoms. The topological polar surface area (TPSA) is 137 Å². The molecule has 162 valence electrons. The van der Waals surface area contributed by atoms with Crippen LogP contribution >= 0.6 is 11.8 Å². The van der Waals surface area contributed by atoms with Crippen molar-refractivity contribution in [1.29, 1.82) is 0 Å². The molecule has 4 N–H and O–H groups in total. The first kappa shape index (κ1) is 22.3. The summed E-state index contributed by atoms with van der Waals surface area (Å²) in [5.74, 6) is -0.345. The van der Waals surface area contributed by atoms with Gasteiger partial charge in [0.1, 0.15) is 5.75 Å². The van der Waals surface area contributed by atoms with E-state index in [2.05, 4.69) is 4.99 Å². The highest BCUT2D eigenvalue weighted by atomic mass is 32.2. The quantitative estimate of drug-likeness (QED) is 0.297. The Kier molecular flexibility index (Phi) is 7.63. The molecule has 0 unspecified atom stereocenters. The third kappa shape index (κ3) is 6.56. The van der Waals surface area contributed by atoms with E-state index in [1.807, 2.05) is 0 Å². The minimum atomic E-state index is -0.555. The fourth-order valence-corrected chi connectivity index (χ4v) is 3.50. The van der Waals surface area contributed by atoms with Gasteiger partial charge in [0.15, 0.2) is 5.96 Å². The number of hydrogen-bond donors (Lipinski definition) is 2. The van der Waals surface area contributed by atoms with Crippen LogP contribution in [0.1, 0.15) is 20.7 Å². The Morgan fingerprint density at radius 3 is 2.19 bits per heavy atom. The first-order chi connectivity index (χ1) is 14.9. The molecule has 10 heteroatoms. The Balaban J connectivity index is 1.52. The molecule has 2 aromatic carbocycles. The number of ether oxygens (including phenoxy) is 2. The van der Waals surface area contributed by atoms with Gasteiger partial charge in [0, 0.05) is 18.7 Å². The monoisotopic (exact) mass is 442 g/mol. The summed E-state index contributed by atoms with van der Waals surface area (Å²) >= 11 is 0.946. The van der Waals surface area contributed by atoms with Crippen molar-refractivity contribution in [2.45, 2.75) is 0 Å². The number of nitrogens with two attached hydrogens (primary N) is 2. The van der Waals surface area contributed by atoms with Crippen LogP contribution in [0.15, 0.2) is 53.5 Å². The van der Waals surface area contributed by atoms with Gasteiger partial charge in [0.05, 0.1) is 30.2 Å². The predicted molar refractivity (Wildman–Crippen MR) is 117 cm³/mol. The second kappa shape index (κ2) is 10.6. The maximum atomic E-state index is 12.3. The molecular formula is C21H22N4O5S. The normalized spacial score (nSPS) is 13.4. The van der Waals surface area contributed by atoms with E-state index < -0.39 is 5.97 Å². The van der Waals surface area contributed by atoms with Crippen molar-refractivity contribution < 1.29 is 23.9 Å². The molecule has 0 bridgehead atoms. The zero-order valence-electron chi connectivity index (χ0n) is 16.7. The van der Waals surface area contributed by atoms with Crippen molar-refractivity contribution >= 4 is 40.4 Å². The molecule has 31 heavy (non-hydrogen) atoms. The number of benzene rings is 2. The summed E-state index contributed by atoms with van der Waals surface area (Å²) in [4.78, 5) is 42.3. The number of guanidine groups is 1. The molecule has 3 rings (SSSR count). The van der Waals surface area contributed by atoms with E-state index >= 15 is 0 Å². The number of esters is 1. The number of thioether (sulfide) groups is 1. The number of carbonyl (C=O) groups is 3. The number of carbonyl (C=O) groups excluding carboxylic acids is 3. The van der Waals surface area contributed by atoms with Crippen LogP contribution in [0.4, 0.5) is 5.69 Å². The lowest BCUT2D eigenvalue weighted by atomic mass is 10.2. The standard InChI is InChI=1S/C21H22N4O5S/c22-21(23)24-16-5-1-14(2-6-16)19(27)30-17-7-3-15(4-8-17)20(28)31-13-18(26)25-9-11-29-12-10-25/h1-8H,9-13H2,(H4,22,23,24). The zero-order chi connectivity index (χ0) is 22.2. The molecule has 0 aliphatic carbocycles. The highest BCUT2D eigenvalue weighted by Gasteiger charge is 2.18. The molecule has 1 fully saturated rings. The average molecular weight is 442 g/mol. The Hall–Kier alpha value is -3.37. The summed E-state index contributed by atoms with van der Waals surface area (Å²) in [6.07, 6.45) is 0. The van der Waals surface area contributed by atoms with Crippen molar-refractivity contribution in [2.24, 2.45) is 16.5 Å². The summed E-state index contributed by atoms with van der Waals surface area (Å²) in [6, 6.07) is 12.4. The largest absolute Gasteiger partial charge is 0.423 e. The SMILES string of the molecule is NC(N)=Nc1ccc(C(=O)Oc2ccc(C(=O)SCC(=O)N3CCOCC3)cc2)cc1. The van der Waals surface area contributed by atoms with Gasteiger partial charge in [-0.15, -0.1) is 0 Å². The van der Waals surface area contributed by atoms with Crippen molar-refractivity contribution in [3.8, 4) is 5.75 Å². The highest BCUT2D eigenvalue weighted by Crippen LogP contribution is 2.20. The second-order valence-corrected chi connectivity index (χ2v) is 7.51. The number of morpholine rings is 1. The molecule has 0 radical (unpaired) electrons. The van der Waals surface area contributed by atoms with Crippen LogP contribution in [0.25, 0.3) is 0 Å². The molecule has 1 saturated heterocycles. The van der Waals surface area contributed by atoms with Gasteiger partial charge in [-0.25, -0.2) is 9.79 Å². The Bertz CT molecular complexity index is 966. The van der Waals surface area contributed by atoms with Gasteiger partial charge in [0.2, 0.25) is 11.0 Å². The molecule has 2 aromatic rings. The average Bonchev–Trinajstić information content (AvgIpc) is 2.78. The third-order valence-corrected chi connectivity index (χ3v) is 5.24. The van der Waals surface area contributed by atoms with Crippen LogP contribution in [0.2, 0.25) is 0 Å². The maximum Gasteiger partial charge on any atom is 0.343 e. The first-order valence-corrected chi connectivity index (χ1v) is 10.5. The van der Waals surface area contributed by atoms with Crippen molar-refractivity contribution in [1.82, 2.24) is 4.90 Å². The Labute approximate surface area is 183 Å². The fourth-order valence-electron chi connectivity index (χ4n) is 2.76. The third-order valence-electron chi connectivity index (χ3n) is 4.35. The van der Waals surface area contributed by atoms with Gasteiger partial charge in [-0.2, -0.15) is 0 Å². The van der Waals surface area contributed by atoms with E-state index in [1.54, 1.807) is 41.3 Å². The predicted octanol–water partition coefficient (Wildman–Crippen LogP) is 1.54. The van der Waals surface area contributed by atoms with E-state index in [9.17, 15) is 14.4 Å². The van der Waals surface area contributed by atoms with Crippen molar-refractivity contribution in [3.05, 3.63) is 59.7 Å². The van der Waals surface area contributed by atoms with Crippen LogP contribution in [-0.2, 0) is 9.53 Å². The minimum Gasteiger partial charge on any atom is -0.423 e. The summed E-state index contributed by atoms with van der Waals surface area (Å²) < 4.78 is 10.5. The van der Waals surface area contributed by atoms with Gasteiger partial charge in [-0.05, 0) is 48.5 Å². The molecule has 0 saturated carbocycles. The highest BCUT2D eigenvalue weighted by molar-refractivity contribution is 8.14. The van der Waals surface area contributed by atoms with Crippen molar-refractivity contribution in [2.75, 3.05) is 32.1 Å². The van der Waals surface area contributed by atoms with Crippen LogP contribution in [0.5, 0.6) is 5.75 Å². The lowest BCUT2D eigenvalue weighted by molar-refractivity contribution is -0.132. The lowest BCUT2D eigenvalue weighted by Crippen LogP contribution is -2.41. The smallest absolute Gasteiger partial charge is 0.343 e. The van der Waals surface area contributed by atoms with Gasteiger partial charge >= 0.3 is 5.97 Å². The number of aliphatic imine (C=N–C) groups is 1. The van der Waals surface area contributed by atoms with Crippen LogP contribution < -0.4 is 16.2 Å². The van der Waals surface area contributed by atoms with Crippen LogP contribution in [-0.4, -0.2) is 59.9 Å². The van der Waals surface area contributed by atoms with E-state index in [0.29, 0.717) is 48.9 Å². The van der Waals surface area contributed by atoms with Gasteiger partial charge < -0.3 is 25.8 Å². The summed E-state index contributed by atoms with van der Waals surface area (Å²) in [5, 5.41) is -0.227. The Morgan fingerprint density at radius 1 is 0.968 bits per heavy atom. The van der Waals surface area contributed by atoms with Gasteiger partial charge in [-0.1, -0.05) is 11.8 Å². The van der Waals surface area contributed by atoms with E-state index in [0.717, 1.165) is 11.8 Å². The van der Waals surface area contributed by atoms with Crippen molar-refractivity contribution in [3.63, 3.8) is 0 Å². The molecule has 1 aliphatic rings.